The fraction of sp³-hybridized carbons (Fsp3) is 0.648. The minimum Gasteiger partial charge on any atom is -0.462 e. The first-order valence-electron chi connectivity index (χ1n) is 31.7. The molecular weight excluding hydrogens is 949 g/mol. The van der Waals surface area contributed by atoms with Gasteiger partial charge in [0.1, 0.15) is 13.2 Å². The first kappa shape index (κ1) is 72.5. The molecule has 0 aliphatic rings. The summed E-state index contributed by atoms with van der Waals surface area (Å²) in [5, 5.41) is 0. The molecule has 0 bridgehead atoms. The Balaban J connectivity index is 4.40. The van der Waals surface area contributed by atoms with Crippen molar-refractivity contribution in [1.82, 2.24) is 0 Å². The summed E-state index contributed by atoms with van der Waals surface area (Å²) in [6, 6.07) is 0. The maximum absolute atomic E-state index is 12.9. The Bertz CT molecular complexity index is 1650. The van der Waals surface area contributed by atoms with Gasteiger partial charge in [-0.25, -0.2) is 0 Å². The molecule has 0 aromatic carbocycles. The zero-order chi connectivity index (χ0) is 55.7. The lowest BCUT2D eigenvalue weighted by Crippen LogP contribution is -2.30. The molecule has 0 heterocycles. The molecule has 1 unspecified atom stereocenters. The SMILES string of the molecule is CC/C=C\C/C=C\C/C=C\C/C=C\C/C=C\CCCCCCCCCCCC(=O)OCC(COC(=O)CCCCC/C=C\C/C=C\C/C=C\CC)OC(=O)CCCCCCCC/C=C\C/C=C\C/C=C\CCCCCCC. The predicted octanol–water partition coefficient (Wildman–Crippen LogP) is 21.8. The first-order valence-corrected chi connectivity index (χ1v) is 31.7. The van der Waals surface area contributed by atoms with Crippen molar-refractivity contribution in [3.8, 4) is 0 Å². The predicted molar refractivity (Wildman–Crippen MR) is 334 cm³/mol. The molecule has 0 fully saturated rings. The number of rotatable bonds is 56. The van der Waals surface area contributed by atoms with Gasteiger partial charge in [0.05, 0.1) is 0 Å². The minimum atomic E-state index is -0.806. The van der Waals surface area contributed by atoms with Crippen molar-refractivity contribution in [3.05, 3.63) is 134 Å². The zero-order valence-electron chi connectivity index (χ0n) is 49.9. The van der Waals surface area contributed by atoms with E-state index >= 15 is 0 Å². The Hall–Kier alpha value is -4.45. The third kappa shape index (κ3) is 62.3. The van der Waals surface area contributed by atoms with E-state index < -0.39 is 6.10 Å². The van der Waals surface area contributed by atoms with E-state index in [9.17, 15) is 14.4 Å². The second kappa shape index (κ2) is 64.1. The third-order valence-electron chi connectivity index (χ3n) is 13.1. The Kier molecular flexibility index (Phi) is 60.4. The summed E-state index contributed by atoms with van der Waals surface area (Å²) in [5.41, 5.74) is 0. The molecule has 0 radical (unpaired) electrons. The Morgan fingerprint density at radius 3 is 0.805 bits per heavy atom. The Labute approximate surface area is 475 Å². The van der Waals surface area contributed by atoms with Crippen molar-refractivity contribution in [3.63, 3.8) is 0 Å². The topological polar surface area (TPSA) is 78.9 Å². The zero-order valence-corrected chi connectivity index (χ0v) is 49.9. The maximum Gasteiger partial charge on any atom is 0.306 e. The summed E-state index contributed by atoms with van der Waals surface area (Å²) in [7, 11) is 0. The molecule has 77 heavy (non-hydrogen) atoms. The molecule has 1 atom stereocenters. The van der Waals surface area contributed by atoms with Gasteiger partial charge in [0.15, 0.2) is 6.10 Å². The van der Waals surface area contributed by atoms with E-state index in [-0.39, 0.29) is 31.1 Å². The molecule has 0 spiro atoms. The number of carbonyl (C=O) groups excluding carboxylic acids is 3. The lowest BCUT2D eigenvalue weighted by atomic mass is 10.1. The molecule has 0 saturated carbocycles. The summed E-state index contributed by atoms with van der Waals surface area (Å²) in [5.74, 6) is -0.948. The van der Waals surface area contributed by atoms with Crippen LogP contribution in [0.4, 0.5) is 0 Å². The van der Waals surface area contributed by atoms with Crippen LogP contribution in [0.1, 0.15) is 278 Å². The van der Waals surface area contributed by atoms with Crippen molar-refractivity contribution in [2.75, 3.05) is 13.2 Å². The quantitative estimate of drug-likeness (QED) is 0.0261. The molecule has 6 nitrogen and oxygen atoms in total. The first-order chi connectivity index (χ1) is 38.0. The number of allylic oxidation sites excluding steroid dienone is 22. The van der Waals surface area contributed by atoms with Gasteiger partial charge in [0.2, 0.25) is 0 Å². The van der Waals surface area contributed by atoms with Crippen LogP contribution in [0.2, 0.25) is 0 Å². The summed E-state index contributed by atoms with van der Waals surface area (Å²) in [4.78, 5) is 38.3. The molecule has 6 heteroatoms. The molecule has 0 N–H and O–H groups in total. The average molecular weight is 1070 g/mol. The smallest absolute Gasteiger partial charge is 0.306 e. The number of hydrogen-bond acceptors (Lipinski definition) is 6. The van der Waals surface area contributed by atoms with Crippen LogP contribution in [0.25, 0.3) is 0 Å². The van der Waals surface area contributed by atoms with Crippen molar-refractivity contribution in [1.29, 1.82) is 0 Å². The highest BCUT2D eigenvalue weighted by Gasteiger charge is 2.19. The van der Waals surface area contributed by atoms with Crippen molar-refractivity contribution >= 4 is 17.9 Å². The van der Waals surface area contributed by atoms with Crippen LogP contribution in [0.3, 0.4) is 0 Å². The molecule has 436 valence electrons. The van der Waals surface area contributed by atoms with Gasteiger partial charge < -0.3 is 14.2 Å². The molecule has 0 rings (SSSR count). The van der Waals surface area contributed by atoms with Gasteiger partial charge >= 0.3 is 17.9 Å². The Morgan fingerprint density at radius 1 is 0.273 bits per heavy atom. The summed E-state index contributed by atoms with van der Waals surface area (Å²) >= 11 is 0. The van der Waals surface area contributed by atoms with E-state index in [1.54, 1.807) is 0 Å². The molecular formula is C71H116O6. The standard InChI is InChI=1S/C71H116O6/c1-4-7-10-13-16-19-22-25-27-29-31-33-34-35-36-38-39-41-43-46-49-52-55-58-61-64-70(73)76-67-68(66-75-69(72)63-60-57-54-51-48-45-24-21-18-15-12-9-6-3)77-71(74)65-62-59-56-53-50-47-44-42-40-37-32-30-28-26-23-20-17-14-11-8-5-2/h7,9-10,12,16,18-19,21,23,25-27,30-33,35-36,40,42,45,48,68H,4-6,8,11,13-15,17,20,22,24,28-29,34,37-39,41,43-44,46-47,49-67H2,1-3H3/b10-7-,12-9-,19-16-,21-18-,26-23-,27-25-,32-30-,33-31-,36-35-,42-40-,48-45-. The van der Waals surface area contributed by atoms with Crippen LogP contribution < -0.4 is 0 Å². The lowest BCUT2D eigenvalue weighted by Gasteiger charge is -2.18. The van der Waals surface area contributed by atoms with Crippen molar-refractivity contribution < 1.29 is 28.6 Å². The van der Waals surface area contributed by atoms with E-state index in [1.165, 1.54) is 89.9 Å². The summed E-state index contributed by atoms with van der Waals surface area (Å²) in [6.07, 6.45) is 90.2. The molecule has 0 amide bonds. The molecule has 0 aromatic rings. The van der Waals surface area contributed by atoms with E-state index in [4.69, 9.17) is 14.2 Å². The van der Waals surface area contributed by atoms with Crippen LogP contribution in [-0.2, 0) is 28.6 Å². The number of esters is 3. The van der Waals surface area contributed by atoms with Gasteiger partial charge in [-0.2, -0.15) is 0 Å². The summed E-state index contributed by atoms with van der Waals surface area (Å²) in [6.45, 7) is 6.36. The lowest BCUT2D eigenvalue weighted by molar-refractivity contribution is -0.167. The van der Waals surface area contributed by atoms with Gasteiger partial charge in [-0.1, -0.05) is 257 Å². The molecule has 0 aliphatic carbocycles. The van der Waals surface area contributed by atoms with Gasteiger partial charge in [0, 0.05) is 19.3 Å². The maximum atomic E-state index is 12.9. The van der Waals surface area contributed by atoms with Crippen molar-refractivity contribution in [2.45, 2.75) is 284 Å². The number of unbranched alkanes of at least 4 members (excludes halogenated alkanes) is 23. The molecule has 0 aromatic heterocycles. The van der Waals surface area contributed by atoms with Gasteiger partial charge in [-0.3, -0.25) is 14.4 Å². The van der Waals surface area contributed by atoms with E-state index in [2.05, 4.69) is 154 Å². The van der Waals surface area contributed by atoms with Crippen LogP contribution in [0, 0.1) is 0 Å². The van der Waals surface area contributed by atoms with Crippen LogP contribution >= 0.6 is 0 Å². The monoisotopic (exact) mass is 1060 g/mol. The highest BCUT2D eigenvalue weighted by molar-refractivity contribution is 5.71. The third-order valence-corrected chi connectivity index (χ3v) is 13.1. The second-order valence-corrected chi connectivity index (χ2v) is 20.5. The fourth-order valence-corrected chi connectivity index (χ4v) is 8.43. The highest BCUT2D eigenvalue weighted by Crippen LogP contribution is 2.15. The average Bonchev–Trinajstić information content (AvgIpc) is 3.43. The van der Waals surface area contributed by atoms with Crippen molar-refractivity contribution in [2.24, 2.45) is 0 Å². The minimum absolute atomic E-state index is 0.0999. The highest BCUT2D eigenvalue weighted by atomic mass is 16.6. The van der Waals surface area contributed by atoms with Gasteiger partial charge in [0.25, 0.3) is 0 Å². The van der Waals surface area contributed by atoms with Crippen LogP contribution in [0.15, 0.2) is 134 Å². The van der Waals surface area contributed by atoms with Crippen LogP contribution in [-0.4, -0.2) is 37.2 Å². The Morgan fingerprint density at radius 2 is 0.506 bits per heavy atom. The van der Waals surface area contributed by atoms with Gasteiger partial charge in [-0.05, 0) is 135 Å². The summed E-state index contributed by atoms with van der Waals surface area (Å²) < 4.78 is 16.9. The van der Waals surface area contributed by atoms with E-state index in [0.29, 0.717) is 19.3 Å². The second-order valence-electron chi connectivity index (χ2n) is 20.5. The molecule has 0 aliphatic heterocycles. The largest absolute Gasteiger partial charge is 0.462 e. The van der Waals surface area contributed by atoms with Gasteiger partial charge in [-0.15, -0.1) is 0 Å². The number of ether oxygens (including phenoxy) is 3. The van der Waals surface area contributed by atoms with E-state index in [0.717, 1.165) is 148 Å². The molecule has 0 saturated heterocycles. The normalized spacial score (nSPS) is 13.0. The number of carbonyl (C=O) groups is 3. The van der Waals surface area contributed by atoms with Crippen LogP contribution in [0.5, 0.6) is 0 Å². The number of hydrogen-bond donors (Lipinski definition) is 0. The fourth-order valence-electron chi connectivity index (χ4n) is 8.43. The van der Waals surface area contributed by atoms with E-state index in [1.807, 2.05) is 0 Å².